The van der Waals surface area contributed by atoms with Gasteiger partial charge in [-0.05, 0) is 77.0 Å². The summed E-state index contributed by atoms with van der Waals surface area (Å²) in [4.78, 5) is 13.3. The molecule has 19 nitrogen and oxygen atoms in total. The first-order chi connectivity index (χ1) is 43.8. The number of aliphatic hydroxyl groups is 11. The average Bonchev–Trinajstić information content (AvgIpc) is 0.881. The monoisotopic (exact) mass is 1280 g/mol. The molecule has 3 fully saturated rings. The van der Waals surface area contributed by atoms with Crippen LogP contribution < -0.4 is 5.32 Å². The maximum Gasteiger partial charge on any atom is 0.220 e. The van der Waals surface area contributed by atoms with Crippen molar-refractivity contribution < 1.29 is 89.4 Å². The van der Waals surface area contributed by atoms with Crippen molar-refractivity contribution in [2.45, 2.75) is 343 Å². The summed E-state index contributed by atoms with van der Waals surface area (Å²) >= 11 is 0. The second kappa shape index (κ2) is 52.5. The number of amides is 1. The van der Waals surface area contributed by atoms with E-state index in [1.54, 1.807) is 6.08 Å². The molecule has 0 saturated carbocycles. The first kappa shape index (κ1) is 81.5. The molecule has 0 spiro atoms. The van der Waals surface area contributed by atoms with Crippen LogP contribution in [0.4, 0.5) is 0 Å². The number of carbonyl (C=O) groups is 1. The largest absolute Gasteiger partial charge is 0.394 e. The Hall–Kier alpha value is -2.77. The van der Waals surface area contributed by atoms with E-state index in [-0.39, 0.29) is 18.9 Å². The molecule has 0 aliphatic carbocycles. The lowest BCUT2D eigenvalue weighted by atomic mass is 9.96. The first-order valence-corrected chi connectivity index (χ1v) is 35.2. The van der Waals surface area contributed by atoms with Gasteiger partial charge in [0.25, 0.3) is 0 Å². The van der Waals surface area contributed by atoms with E-state index in [4.69, 9.17) is 28.4 Å². The quantitative estimate of drug-likeness (QED) is 0.0199. The van der Waals surface area contributed by atoms with Crippen molar-refractivity contribution in [3.8, 4) is 0 Å². The minimum atomic E-state index is -1.98. The predicted molar refractivity (Wildman–Crippen MR) is 351 cm³/mol. The van der Waals surface area contributed by atoms with E-state index >= 15 is 0 Å². The molecule has 0 radical (unpaired) electrons. The van der Waals surface area contributed by atoms with Gasteiger partial charge in [0, 0.05) is 6.42 Å². The molecule has 17 atom stereocenters. The Morgan fingerprint density at radius 3 is 1.23 bits per heavy atom. The van der Waals surface area contributed by atoms with Crippen molar-refractivity contribution in [2.24, 2.45) is 0 Å². The number of nitrogens with one attached hydrogen (secondary N) is 1. The fourth-order valence-corrected chi connectivity index (χ4v) is 11.5. The van der Waals surface area contributed by atoms with Crippen LogP contribution >= 0.6 is 0 Å². The molecule has 1 amide bonds. The van der Waals surface area contributed by atoms with E-state index in [2.05, 4.69) is 79.9 Å². The molecule has 3 aliphatic rings. The van der Waals surface area contributed by atoms with E-state index in [9.17, 15) is 61.0 Å². The van der Waals surface area contributed by atoms with E-state index in [0.29, 0.717) is 12.8 Å². The molecule has 0 aromatic carbocycles. The summed E-state index contributed by atoms with van der Waals surface area (Å²) in [5.41, 5.74) is 0. The zero-order valence-electron chi connectivity index (χ0n) is 55.1. The minimum absolute atomic E-state index is 0.231. The van der Waals surface area contributed by atoms with Crippen molar-refractivity contribution in [3.63, 3.8) is 0 Å². The Kier molecular flexibility index (Phi) is 47.5. The molecule has 3 aliphatic heterocycles. The van der Waals surface area contributed by atoms with Crippen LogP contribution in [0.1, 0.15) is 239 Å². The highest BCUT2D eigenvalue weighted by molar-refractivity contribution is 5.76. The minimum Gasteiger partial charge on any atom is -0.394 e. The highest BCUT2D eigenvalue weighted by Gasteiger charge is 2.53. The van der Waals surface area contributed by atoms with Crippen LogP contribution in [0.5, 0.6) is 0 Å². The first-order valence-electron chi connectivity index (χ1n) is 35.2. The summed E-state index contributed by atoms with van der Waals surface area (Å²) in [6.07, 6.45) is 39.4. The number of hydrogen-bond donors (Lipinski definition) is 12. The topological polar surface area (TPSA) is 307 Å². The number of unbranched alkanes of at least 4 members (excludes halogenated alkanes) is 27. The fourth-order valence-electron chi connectivity index (χ4n) is 11.5. The number of aliphatic hydroxyl groups excluding tert-OH is 11. The third kappa shape index (κ3) is 34.1. The van der Waals surface area contributed by atoms with Gasteiger partial charge in [-0.25, -0.2) is 0 Å². The molecule has 3 heterocycles. The maximum atomic E-state index is 13.3. The predicted octanol–water partition coefficient (Wildman–Crippen LogP) is 9.33. The number of hydrogen-bond acceptors (Lipinski definition) is 18. The second-order valence-corrected chi connectivity index (χ2v) is 24.9. The summed E-state index contributed by atoms with van der Waals surface area (Å²) in [5, 5.41) is 120. The lowest BCUT2D eigenvalue weighted by Gasteiger charge is -2.48. The fraction of sp³-hybridized carbons (Fsp3) is 0.817. The number of allylic oxidation sites excluding steroid dienone is 11. The molecule has 12 N–H and O–H groups in total. The van der Waals surface area contributed by atoms with Gasteiger partial charge >= 0.3 is 0 Å². The van der Waals surface area contributed by atoms with Gasteiger partial charge in [-0.1, -0.05) is 228 Å². The summed E-state index contributed by atoms with van der Waals surface area (Å²) in [5.74, 6) is -0.292. The van der Waals surface area contributed by atoms with Crippen LogP contribution in [-0.2, 0) is 33.2 Å². The standard InChI is InChI=1S/C71H125NO18/c1-3-5-7-9-11-13-15-16-17-18-19-20-21-22-23-24-25-26-27-28-29-30-31-32-33-34-35-36-37-38-39-41-43-45-47-49-59(77)72-54(55(76)48-46-44-42-40-14-12-10-8-6-4-2)53-85-69-65(83)62(80)67(57(51-74)87-69)90-71-66(84)63(81)68(58(52-75)88-71)89-70-64(82)61(79)60(78)56(50-73)86-70/h6,8,14-16,18-19,21-22,40,46,48,54-58,60-71,73-76,78-84H,3-5,7,9-13,17,20,23-39,41-45,47,49-53H2,1-2H3,(H,72,77)/b8-6+,16-15-,19-18-,22-21-,40-14+,48-46+. The van der Waals surface area contributed by atoms with Gasteiger partial charge < -0.3 is 89.9 Å². The molecule has 3 rings (SSSR count). The van der Waals surface area contributed by atoms with Crippen molar-refractivity contribution in [1.82, 2.24) is 5.32 Å². The molecular formula is C71H125NO18. The molecular weight excluding hydrogens is 1150 g/mol. The molecule has 17 unspecified atom stereocenters. The molecule has 0 aromatic heterocycles. The molecule has 3 saturated heterocycles. The Bertz CT molecular complexity index is 1920. The Labute approximate surface area is 540 Å². The van der Waals surface area contributed by atoms with Gasteiger partial charge in [-0.3, -0.25) is 4.79 Å². The van der Waals surface area contributed by atoms with Crippen molar-refractivity contribution in [3.05, 3.63) is 72.9 Å². The highest BCUT2D eigenvalue weighted by atomic mass is 16.8. The van der Waals surface area contributed by atoms with Gasteiger partial charge in [0.2, 0.25) is 5.91 Å². The lowest BCUT2D eigenvalue weighted by molar-refractivity contribution is -0.379. The van der Waals surface area contributed by atoms with Gasteiger partial charge in [0.15, 0.2) is 18.9 Å². The van der Waals surface area contributed by atoms with Crippen molar-refractivity contribution in [1.29, 1.82) is 0 Å². The highest BCUT2D eigenvalue weighted by Crippen LogP contribution is 2.33. The Balaban J connectivity index is 1.31. The SMILES string of the molecule is CC/C=C/CC/C=C/CC/C=C/C(O)C(COC1OC(CO)C(OC2OC(CO)C(OC3OC(CO)C(O)C(O)C3O)C(O)C2O)C(O)C1O)NC(=O)CCCCCCCCCCCCCCCCCCCCCC/C=C\C/C=C\C/C=C\CCCCCCC. The molecule has 19 heteroatoms. The van der Waals surface area contributed by atoms with E-state index in [1.807, 2.05) is 6.08 Å². The molecule has 90 heavy (non-hydrogen) atoms. The smallest absolute Gasteiger partial charge is 0.220 e. The van der Waals surface area contributed by atoms with Crippen LogP contribution in [-0.4, -0.2) is 193 Å². The second-order valence-electron chi connectivity index (χ2n) is 24.9. The number of rotatable bonds is 53. The normalized spacial score (nSPS) is 28.5. The van der Waals surface area contributed by atoms with E-state index in [1.165, 1.54) is 148 Å². The number of carbonyl (C=O) groups excluding carboxylic acids is 1. The Morgan fingerprint density at radius 2 is 0.778 bits per heavy atom. The van der Waals surface area contributed by atoms with E-state index < -0.39 is 124 Å². The third-order valence-corrected chi connectivity index (χ3v) is 17.2. The van der Waals surface area contributed by atoms with Crippen LogP contribution in [0.2, 0.25) is 0 Å². The molecule has 0 bridgehead atoms. The summed E-state index contributed by atoms with van der Waals surface area (Å²) in [7, 11) is 0. The zero-order chi connectivity index (χ0) is 65.4. The third-order valence-electron chi connectivity index (χ3n) is 17.2. The van der Waals surface area contributed by atoms with Gasteiger partial charge in [-0.15, -0.1) is 0 Å². The zero-order valence-corrected chi connectivity index (χ0v) is 55.1. The van der Waals surface area contributed by atoms with Crippen LogP contribution in [0, 0.1) is 0 Å². The van der Waals surface area contributed by atoms with Crippen molar-refractivity contribution >= 4 is 5.91 Å². The lowest BCUT2D eigenvalue weighted by Crippen LogP contribution is -2.66. The van der Waals surface area contributed by atoms with Crippen molar-refractivity contribution in [2.75, 3.05) is 26.4 Å². The van der Waals surface area contributed by atoms with Crippen LogP contribution in [0.3, 0.4) is 0 Å². The summed E-state index contributed by atoms with van der Waals surface area (Å²) < 4.78 is 34.2. The van der Waals surface area contributed by atoms with Gasteiger partial charge in [0.05, 0.1) is 38.6 Å². The number of ether oxygens (including phenoxy) is 6. The molecule has 0 aromatic rings. The Morgan fingerprint density at radius 1 is 0.411 bits per heavy atom. The summed E-state index contributed by atoms with van der Waals surface area (Å²) in [6.45, 7) is 1.55. The molecule has 522 valence electrons. The van der Waals surface area contributed by atoms with Crippen LogP contribution in [0.15, 0.2) is 72.9 Å². The van der Waals surface area contributed by atoms with Crippen LogP contribution in [0.25, 0.3) is 0 Å². The summed E-state index contributed by atoms with van der Waals surface area (Å²) in [6, 6.07) is -0.996. The average molecular weight is 1280 g/mol. The van der Waals surface area contributed by atoms with Gasteiger partial charge in [0.1, 0.15) is 73.2 Å². The van der Waals surface area contributed by atoms with Gasteiger partial charge in [-0.2, -0.15) is 0 Å². The maximum absolute atomic E-state index is 13.3. The van der Waals surface area contributed by atoms with E-state index in [0.717, 1.165) is 57.8 Å².